The van der Waals surface area contributed by atoms with Crippen molar-refractivity contribution in [3.63, 3.8) is 0 Å². The zero-order valence-electron chi connectivity index (χ0n) is 11.7. The van der Waals surface area contributed by atoms with E-state index in [9.17, 15) is 20.0 Å². The summed E-state index contributed by atoms with van der Waals surface area (Å²) in [6.45, 7) is 0.0426. The molecule has 0 unspecified atom stereocenters. The van der Waals surface area contributed by atoms with Gasteiger partial charge in [0.25, 0.3) is 5.69 Å². The molecule has 21 heavy (non-hydrogen) atoms. The molecule has 2 rings (SSSR count). The number of nitrogens with zero attached hydrogens (tertiary/aromatic N) is 1. The summed E-state index contributed by atoms with van der Waals surface area (Å²) in [4.78, 5) is 21.2. The molecule has 0 bridgehead atoms. The molecule has 7 nitrogen and oxygen atoms in total. The van der Waals surface area contributed by atoms with Gasteiger partial charge in [0.15, 0.2) is 17.8 Å². The maximum Gasteiger partial charge on any atom is 0.283 e. The number of carbonyl (C=O) groups is 1. The molecule has 0 atom stereocenters. The number of nitro benzene ring substituents is 1. The first-order chi connectivity index (χ1) is 9.99. The summed E-state index contributed by atoms with van der Waals surface area (Å²) >= 11 is 0. The largest absolute Gasteiger partial charge is 0.493 e. The highest BCUT2D eigenvalue weighted by atomic mass is 16.6. The lowest BCUT2D eigenvalue weighted by Gasteiger charge is -2.22. The highest BCUT2D eigenvalue weighted by molar-refractivity contribution is 5.83. The number of aliphatic hydroxyl groups is 1. The van der Waals surface area contributed by atoms with Gasteiger partial charge in [-0.3, -0.25) is 14.9 Å². The number of hydrogen-bond acceptors (Lipinski definition) is 6. The molecule has 7 heteroatoms. The minimum atomic E-state index is -0.900. The molecule has 114 valence electrons. The number of methoxy groups -OCH3 is 1. The van der Waals surface area contributed by atoms with Crippen molar-refractivity contribution in [3.8, 4) is 11.5 Å². The molecular weight excluding hydrogens is 278 g/mol. The maximum absolute atomic E-state index is 11.0. The van der Waals surface area contributed by atoms with Crippen LogP contribution in [0, 0.1) is 10.1 Å². The van der Waals surface area contributed by atoms with E-state index in [-0.39, 0.29) is 29.4 Å². The van der Waals surface area contributed by atoms with Crippen LogP contribution in [-0.2, 0) is 0 Å². The lowest BCUT2D eigenvalue weighted by Crippen LogP contribution is -2.32. The third-order valence-electron chi connectivity index (χ3n) is 3.67. The van der Waals surface area contributed by atoms with E-state index in [2.05, 4.69) is 0 Å². The summed E-state index contributed by atoms with van der Waals surface area (Å²) in [5, 5.41) is 21.2. The van der Waals surface area contributed by atoms with E-state index in [4.69, 9.17) is 9.47 Å². The van der Waals surface area contributed by atoms with Gasteiger partial charge >= 0.3 is 0 Å². The van der Waals surface area contributed by atoms with Crippen molar-refractivity contribution in [2.24, 2.45) is 0 Å². The van der Waals surface area contributed by atoms with E-state index in [1.807, 2.05) is 0 Å². The lowest BCUT2D eigenvalue weighted by molar-refractivity contribution is -0.385. The summed E-state index contributed by atoms with van der Waals surface area (Å²) in [5.74, 6) is 0.374. The number of rotatable bonds is 6. The van der Waals surface area contributed by atoms with Crippen LogP contribution in [0.5, 0.6) is 11.5 Å². The Morgan fingerprint density at radius 1 is 1.38 bits per heavy atom. The number of hydrogen-bond donors (Lipinski definition) is 1. The average Bonchev–Trinajstić information content (AvgIpc) is 2.91. The normalized spacial score (nSPS) is 16.5. The first kappa shape index (κ1) is 15.2. The van der Waals surface area contributed by atoms with Gasteiger partial charge < -0.3 is 14.6 Å². The van der Waals surface area contributed by atoms with Crippen molar-refractivity contribution < 1.29 is 24.3 Å². The van der Waals surface area contributed by atoms with Crippen molar-refractivity contribution in [1.82, 2.24) is 0 Å². The summed E-state index contributed by atoms with van der Waals surface area (Å²) in [6.07, 6.45) is 3.55. The molecule has 0 heterocycles. The van der Waals surface area contributed by atoms with Gasteiger partial charge in [0.2, 0.25) is 0 Å². The molecule has 1 aliphatic rings. The number of carbonyl (C=O) groups excluding carboxylic acids is 1. The molecule has 1 fully saturated rings. The van der Waals surface area contributed by atoms with Crippen LogP contribution in [0.2, 0.25) is 0 Å². The fourth-order valence-corrected chi connectivity index (χ4v) is 2.48. The van der Waals surface area contributed by atoms with Crippen LogP contribution < -0.4 is 9.47 Å². The first-order valence-electron chi connectivity index (χ1n) is 6.66. The second-order valence-electron chi connectivity index (χ2n) is 5.16. The van der Waals surface area contributed by atoms with Crippen LogP contribution in [-0.4, -0.2) is 35.6 Å². The van der Waals surface area contributed by atoms with Gasteiger partial charge in [0, 0.05) is 6.07 Å². The predicted octanol–water partition coefficient (Wildman–Crippen LogP) is 2.10. The lowest BCUT2D eigenvalue weighted by atomic mass is 10.0. The minimum Gasteiger partial charge on any atom is -0.493 e. The summed E-state index contributed by atoms with van der Waals surface area (Å²) in [7, 11) is 1.38. The smallest absolute Gasteiger partial charge is 0.283 e. The Kier molecular flexibility index (Phi) is 4.42. The summed E-state index contributed by atoms with van der Waals surface area (Å²) < 4.78 is 10.6. The van der Waals surface area contributed by atoms with E-state index in [1.165, 1.54) is 13.2 Å². The molecule has 1 aliphatic carbocycles. The van der Waals surface area contributed by atoms with Crippen molar-refractivity contribution in [2.45, 2.75) is 31.3 Å². The van der Waals surface area contributed by atoms with Crippen LogP contribution in [0.4, 0.5) is 5.69 Å². The first-order valence-corrected chi connectivity index (χ1v) is 6.66. The Hall–Kier alpha value is -2.15. The topological polar surface area (TPSA) is 98.9 Å². The molecule has 0 aliphatic heterocycles. The predicted molar refractivity (Wildman–Crippen MR) is 73.9 cm³/mol. The Balaban J connectivity index is 2.26. The van der Waals surface area contributed by atoms with Gasteiger partial charge in [-0.05, 0) is 12.8 Å². The Bertz CT molecular complexity index is 551. The second-order valence-corrected chi connectivity index (χ2v) is 5.16. The summed E-state index contributed by atoms with van der Waals surface area (Å²) in [5.41, 5.74) is -1.33. The highest BCUT2D eigenvalue weighted by Crippen LogP contribution is 2.36. The zero-order valence-corrected chi connectivity index (χ0v) is 11.7. The van der Waals surface area contributed by atoms with Crippen LogP contribution in [0.1, 0.15) is 36.0 Å². The van der Waals surface area contributed by atoms with Crippen LogP contribution >= 0.6 is 0 Å². The van der Waals surface area contributed by atoms with E-state index in [0.29, 0.717) is 19.1 Å². The quantitative estimate of drug-likeness (QED) is 0.490. The molecule has 0 spiro atoms. The number of benzene rings is 1. The van der Waals surface area contributed by atoms with Gasteiger partial charge in [-0.2, -0.15) is 0 Å². The molecule has 1 aromatic carbocycles. The molecule has 0 saturated heterocycles. The highest BCUT2D eigenvalue weighted by Gasteiger charge is 2.32. The van der Waals surface area contributed by atoms with Crippen molar-refractivity contribution in [1.29, 1.82) is 0 Å². The van der Waals surface area contributed by atoms with E-state index >= 15 is 0 Å². The number of nitro groups is 1. The van der Waals surface area contributed by atoms with Crippen molar-refractivity contribution >= 4 is 12.0 Å². The third kappa shape index (κ3) is 3.30. The fraction of sp³-hybridized carbons (Fsp3) is 0.500. The van der Waals surface area contributed by atoms with Crippen molar-refractivity contribution in [3.05, 3.63) is 27.8 Å². The van der Waals surface area contributed by atoms with Crippen molar-refractivity contribution in [2.75, 3.05) is 13.7 Å². The van der Waals surface area contributed by atoms with Gasteiger partial charge in [-0.25, -0.2) is 0 Å². The molecule has 1 saturated carbocycles. The Morgan fingerprint density at radius 2 is 2.05 bits per heavy atom. The van der Waals surface area contributed by atoms with Gasteiger partial charge in [-0.1, -0.05) is 12.8 Å². The van der Waals surface area contributed by atoms with Crippen LogP contribution in [0.15, 0.2) is 12.1 Å². The zero-order chi connectivity index (χ0) is 15.5. The Labute approximate surface area is 121 Å². The monoisotopic (exact) mass is 295 g/mol. The third-order valence-corrected chi connectivity index (χ3v) is 3.67. The summed E-state index contributed by atoms with van der Waals surface area (Å²) in [6, 6.07) is 2.42. The van der Waals surface area contributed by atoms with Crippen LogP contribution in [0.3, 0.4) is 0 Å². The number of ether oxygens (including phenoxy) is 2. The van der Waals surface area contributed by atoms with E-state index in [0.717, 1.165) is 18.9 Å². The SMILES string of the molecule is COc1cc(C=O)c([N+](=O)[O-])cc1OCC1(O)CCCC1. The Morgan fingerprint density at radius 3 is 2.57 bits per heavy atom. The number of aldehydes is 1. The molecule has 1 N–H and O–H groups in total. The average molecular weight is 295 g/mol. The standard InChI is InChI=1S/C14H17NO6/c1-20-12-6-10(8-16)11(15(18)19)7-13(12)21-9-14(17)4-2-3-5-14/h6-8,17H,2-5,9H2,1H3. The van der Waals surface area contributed by atoms with Crippen LogP contribution in [0.25, 0.3) is 0 Å². The van der Waals surface area contributed by atoms with Gasteiger partial charge in [-0.15, -0.1) is 0 Å². The molecule has 0 radical (unpaired) electrons. The fourth-order valence-electron chi connectivity index (χ4n) is 2.48. The maximum atomic E-state index is 11.0. The van der Waals surface area contributed by atoms with E-state index in [1.54, 1.807) is 0 Å². The van der Waals surface area contributed by atoms with Gasteiger partial charge in [0.05, 0.1) is 29.3 Å². The van der Waals surface area contributed by atoms with Gasteiger partial charge in [0.1, 0.15) is 6.61 Å². The molecule has 0 aromatic heterocycles. The second kappa shape index (κ2) is 6.09. The molecular formula is C14H17NO6. The minimum absolute atomic E-state index is 0.0426. The molecule has 1 aromatic rings. The van der Waals surface area contributed by atoms with E-state index < -0.39 is 10.5 Å². The molecule has 0 amide bonds.